The molecular weight excluding hydrogens is 236 g/mol. The van der Waals surface area contributed by atoms with E-state index in [-0.39, 0.29) is 18.3 Å². The quantitative estimate of drug-likeness (QED) is 0.650. The molecule has 0 aromatic carbocycles. The molecule has 2 aliphatic carbocycles. The fraction of sp³-hybridized carbons (Fsp3) is 0.923. The van der Waals surface area contributed by atoms with Crippen molar-refractivity contribution in [1.82, 2.24) is 0 Å². The summed E-state index contributed by atoms with van der Waals surface area (Å²) in [4.78, 5) is 11.6. The summed E-state index contributed by atoms with van der Waals surface area (Å²) in [5, 5.41) is 10.2. The van der Waals surface area contributed by atoms with E-state index < -0.39 is 17.4 Å². The van der Waals surface area contributed by atoms with E-state index in [4.69, 9.17) is 14.2 Å². The number of hydrogen-bond donors (Lipinski definition) is 1. The Bertz CT molecular complexity index is 389. The van der Waals surface area contributed by atoms with Crippen LogP contribution in [0.3, 0.4) is 0 Å². The zero-order chi connectivity index (χ0) is 12.4. The topological polar surface area (TPSA) is 65.0 Å². The smallest absolute Gasteiger partial charge is 0.338 e. The summed E-state index contributed by atoms with van der Waals surface area (Å²) in [6, 6.07) is 0. The van der Waals surface area contributed by atoms with Crippen molar-refractivity contribution in [1.29, 1.82) is 0 Å². The summed E-state index contributed by atoms with van der Waals surface area (Å²) in [7, 11) is 0. The lowest BCUT2D eigenvalue weighted by Crippen LogP contribution is -2.47. The highest BCUT2D eigenvalue weighted by Gasteiger charge is 2.63. The SMILES string of the molecule is O=C1OC2C[C@@]1(O)C[C@H]1OC3(CCCCC3)O[C@@H]21. The Morgan fingerprint density at radius 1 is 1.06 bits per heavy atom. The Morgan fingerprint density at radius 2 is 1.78 bits per heavy atom. The molecular formula is C13H18O5. The Morgan fingerprint density at radius 3 is 2.56 bits per heavy atom. The lowest BCUT2D eigenvalue weighted by Gasteiger charge is -2.32. The van der Waals surface area contributed by atoms with E-state index >= 15 is 0 Å². The van der Waals surface area contributed by atoms with Gasteiger partial charge in [-0.05, 0) is 12.8 Å². The van der Waals surface area contributed by atoms with Crippen LogP contribution in [-0.4, -0.2) is 40.8 Å². The first-order valence-corrected chi connectivity index (χ1v) is 6.89. The second-order valence-electron chi connectivity index (χ2n) is 6.09. The minimum absolute atomic E-state index is 0.185. The summed E-state index contributed by atoms with van der Waals surface area (Å²) in [5.41, 5.74) is -1.34. The van der Waals surface area contributed by atoms with Crippen LogP contribution in [0.15, 0.2) is 0 Å². The number of esters is 1. The molecule has 1 N–H and O–H groups in total. The molecule has 4 atom stereocenters. The maximum atomic E-state index is 11.6. The largest absolute Gasteiger partial charge is 0.457 e. The fourth-order valence-corrected chi connectivity index (χ4v) is 3.88. The highest BCUT2D eigenvalue weighted by Crippen LogP contribution is 2.49. The van der Waals surface area contributed by atoms with Gasteiger partial charge in [-0.2, -0.15) is 0 Å². The van der Waals surface area contributed by atoms with Crippen molar-refractivity contribution in [3.05, 3.63) is 0 Å². The molecule has 0 radical (unpaired) electrons. The van der Waals surface area contributed by atoms with Gasteiger partial charge in [-0.1, -0.05) is 6.42 Å². The van der Waals surface area contributed by atoms with Crippen LogP contribution in [0.25, 0.3) is 0 Å². The molecule has 5 nitrogen and oxygen atoms in total. The molecule has 4 fully saturated rings. The lowest BCUT2D eigenvalue weighted by molar-refractivity contribution is -0.203. The van der Waals surface area contributed by atoms with Crippen LogP contribution in [0.5, 0.6) is 0 Å². The van der Waals surface area contributed by atoms with Gasteiger partial charge in [0.05, 0.1) is 6.10 Å². The number of fused-ring (bicyclic) bond motifs is 4. The number of aliphatic hydroxyl groups is 1. The van der Waals surface area contributed by atoms with E-state index in [2.05, 4.69) is 0 Å². The zero-order valence-electron chi connectivity index (χ0n) is 10.3. The normalized spacial score (nSPS) is 49.2. The van der Waals surface area contributed by atoms with Gasteiger partial charge in [0.1, 0.15) is 12.2 Å². The summed E-state index contributed by atoms with van der Waals surface area (Å²) in [6.45, 7) is 0. The van der Waals surface area contributed by atoms with Crippen molar-refractivity contribution >= 4 is 5.97 Å². The van der Waals surface area contributed by atoms with Crippen LogP contribution in [0, 0.1) is 0 Å². The van der Waals surface area contributed by atoms with Gasteiger partial charge in [-0.3, -0.25) is 0 Å². The Kier molecular flexibility index (Phi) is 2.16. The number of carbonyl (C=O) groups is 1. The summed E-state index contributed by atoms with van der Waals surface area (Å²) >= 11 is 0. The summed E-state index contributed by atoms with van der Waals surface area (Å²) < 4.78 is 17.4. The molecule has 2 bridgehead atoms. The highest BCUT2D eigenvalue weighted by atomic mass is 16.8. The van der Waals surface area contributed by atoms with Crippen molar-refractivity contribution in [3.8, 4) is 0 Å². The van der Waals surface area contributed by atoms with Crippen LogP contribution in [-0.2, 0) is 19.0 Å². The fourth-order valence-electron chi connectivity index (χ4n) is 3.88. The molecule has 100 valence electrons. The number of hydrogen-bond acceptors (Lipinski definition) is 5. The third-order valence-corrected chi connectivity index (χ3v) is 4.78. The first-order chi connectivity index (χ1) is 8.60. The van der Waals surface area contributed by atoms with Crippen molar-refractivity contribution < 1.29 is 24.1 Å². The molecule has 1 spiro atoms. The number of carbonyl (C=O) groups excluding carboxylic acids is 1. The average molecular weight is 254 g/mol. The predicted molar refractivity (Wildman–Crippen MR) is 59.6 cm³/mol. The van der Waals surface area contributed by atoms with E-state index in [9.17, 15) is 9.90 Å². The van der Waals surface area contributed by atoms with Crippen molar-refractivity contribution in [2.75, 3.05) is 0 Å². The van der Waals surface area contributed by atoms with E-state index in [1.807, 2.05) is 0 Å². The van der Waals surface area contributed by atoms with E-state index in [1.54, 1.807) is 0 Å². The number of ether oxygens (including phenoxy) is 3. The second-order valence-corrected chi connectivity index (χ2v) is 6.09. The van der Waals surface area contributed by atoms with Gasteiger partial charge in [-0.25, -0.2) is 4.79 Å². The van der Waals surface area contributed by atoms with Crippen LogP contribution in [0.2, 0.25) is 0 Å². The maximum absolute atomic E-state index is 11.6. The molecule has 0 amide bonds. The Labute approximate surface area is 105 Å². The lowest BCUT2D eigenvalue weighted by atomic mass is 9.82. The third kappa shape index (κ3) is 1.41. The molecule has 4 rings (SSSR count). The first-order valence-electron chi connectivity index (χ1n) is 6.89. The maximum Gasteiger partial charge on any atom is 0.338 e. The van der Waals surface area contributed by atoms with Gasteiger partial charge in [-0.15, -0.1) is 0 Å². The predicted octanol–water partition coefficient (Wildman–Crippen LogP) is 0.881. The van der Waals surface area contributed by atoms with Gasteiger partial charge < -0.3 is 19.3 Å². The van der Waals surface area contributed by atoms with Gasteiger partial charge in [0.2, 0.25) is 0 Å². The molecule has 2 saturated heterocycles. The van der Waals surface area contributed by atoms with Crippen LogP contribution >= 0.6 is 0 Å². The molecule has 4 aliphatic rings. The summed E-state index contributed by atoms with van der Waals surface area (Å²) in [6.07, 6.45) is 5.25. The molecule has 18 heavy (non-hydrogen) atoms. The van der Waals surface area contributed by atoms with Crippen LogP contribution in [0.4, 0.5) is 0 Å². The second kappa shape index (κ2) is 3.46. The van der Waals surface area contributed by atoms with E-state index in [0.717, 1.165) is 25.7 Å². The first kappa shape index (κ1) is 11.2. The van der Waals surface area contributed by atoms with Gasteiger partial charge in [0.25, 0.3) is 0 Å². The van der Waals surface area contributed by atoms with E-state index in [0.29, 0.717) is 12.8 Å². The average Bonchev–Trinajstić information content (AvgIpc) is 2.79. The van der Waals surface area contributed by atoms with Crippen molar-refractivity contribution in [2.24, 2.45) is 0 Å². The van der Waals surface area contributed by atoms with Gasteiger partial charge in [0, 0.05) is 25.7 Å². The van der Waals surface area contributed by atoms with Crippen LogP contribution < -0.4 is 0 Å². The molecule has 1 unspecified atom stereocenters. The zero-order valence-corrected chi connectivity index (χ0v) is 10.3. The molecule has 0 aromatic heterocycles. The minimum Gasteiger partial charge on any atom is -0.457 e. The highest BCUT2D eigenvalue weighted by molar-refractivity contribution is 5.82. The van der Waals surface area contributed by atoms with E-state index in [1.165, 1.54) is 6.42 Å². The third-order valence-electron chi connectivity index (χ3n) is 4.78. The van der Waals surface area contributed by atoms with Crippen molar-refractivity contribution in [2.45, 2.75) is 74.6 Å². The van der Waals surface area contributed by atoms with Crippen molar-refractivity contribution in [3.63, 3.8) is 0 Å². The molecule has 2 saturated carbocycles. The van der Waals surface area contributed by atoms with Gasteiger partial charge >= 0.3 is 5.97 Å². The monoisotopic (exact) mass is 254 g/mol. The van der Waals surface area contributed by atoms with Gasteiger partial charge in [0.15, 0.2) is 11.4 Å². The molecule has 0 aromatic rings. The van der Waals surface area contributed by atoms with Crippen LogP contribution in [0.1, 0.15) is 44.9 Å². The summed E-state index contributed by atoms with van der Waals surface area (Å²) in [5.74, 6) is -0.979. The molecule has 5 heteroatoms. The molecule has 2 aliphatic heterocycles. The molecule has 2 heterocycles. The Hall–Kier alpha value is -0.650. The number of rotatable bonds is 0. The Balaban J connectivity index is 1.59. The standard InChI is InChI=1S/C13H18O5/c14-11-12(15)6-8(16-11)10-9(7-12)17-13(18-10)4-2-1-3-5-13/h8-10,15H,1-7H2/t8?,9-,10+,12-/m1/s1. The minimum atomic E-state index is -1.34.